The minimum atomic E-state index is -0.0743. The van der Waals surface area contributed by atoms with E-state index in [0.29, 0.717) is 5.92 Å². The molecule has 0 heteroatoms. The second kappa shape index (κ2) is 8.92. The van der Waals surface area contributed by atoms with Crippen molar-refractivity contribution in [3.63, 3.8) is 0 Å². The fraction of sp³-hybridized carbons (Fsp3) is 0.333. The molecule has 2 aromatic carbocycles. The standard InChI is InChI=1S/C27H30/c1-4-9-23-12-14-24(15-13-23)16-19-27(18-5-2)20-17-26(21-22(27)3)25-10-7-6-8-11-25/h6-8,10-15,17,20-22H,4-5,9,18H2,1-3H3. The first-order valence-electron chi connectivity index (χ1n) is 10.3. The highest BCUT2D eigenvalue weighted by Gasteiger charge is 2.32. The Bertz CT molecular complexity index is 856. The maximum absolute atomic E-state index is 3.64. The van der Waals surface area contributed by atoms with Crippen molar-refractivity contribution in [1.29, 1.82) is 0 Å². The molecule has 0 heterocycles. The molecule has 27 heavy (non-hydrogen) atoms. The van der Waals surface area contributed by atoms with Crippen LogP contribution in [0.1, 0.15) is 56.7 Å². The molecule has 0 saturated heterocycles. The van der Waals surface area contributed by atoms with Gasteiger partial charge in [0, 0.05) is 5.56 Å². The van der Waals surface area contributed by atoms with E-state index >= 15 is 0 Å². The summed E-state index contributed by atoms with van der Waals surface area (Å²) in [6, 6.07) is 19.4. The Balaban J connectivity index is 1.85. The third-order valence-corrected chi connectivity index (χ3v) is 5.51. The molecule has 0 nitrogen and oxygen atoms in total. The second-order valence-corrected chi connectivity index (χ2v) is 7.60. The molecule has 0 saturated carbocycles. The zero-order valence-electron chi connectivity index (χ0n) is 16.8. The molecule has 0 fully saturated rings. The molecule has 0 radical (unpaired) electrons. The minimum Gasteiger partial charge on any atom is -0.0863 e. The van der Waals surface area contributed by atoms with Crippen molar-refractivity contribution in [1.82, 2.24) is 0 Å². The number of allylic oxidation sites excluding steroid dienone is 4. The van der Waals surface area contributed by atoms with Crippen LogP contribution in [0.5, 0.6) is 0 Å². The molecule has 0 spiro atoms. The summed E-state index contributed by atoms with van der Waals surface area (Å²) in [5.74, 6) is 7.50. The zero-order valence-corrected chi connectivity index (χ0v) is 16.8. The van der Waals surface area contributed by atoms with Gasteiger partial charge in [0.25, 0.3) is 0 Å². The summed E-state index contributed by atoms with van der Waals surface area (Å²) in [6.07, 6.45) is 11.6. The molecular weight excluding hydrogens is 324 g/mol. The van der Waals surface area contributed by atoms with Crippen molar-refractivity contribution in [2.45, 2.75) is 46.5 Å². The van der Waals surface area contributed by atoms with E-state index in [1.807, 2.05) is 0 Å². The van der Waals surface area contributed by atoms with E-state index in [0.717, 1.165) is 24.8 Å². The molecular formula is C27H30. The summed E-state index contributed by atoms with van der Waals surface area (Å²) >= 11 is 0. The third kappa shape index (κ3) is 4.61. The van der Waals surface area contributed by atoms with Gasteiger partial charge in [0.15, 0.2) is 0 Å². The normalized spacial score (nSPS) is 21.3. The van der Waals surface area contributed by atoms with E-state index < -0.39 is 0 Å². The van der Waals surface area contributed by atoms with Crippen LogP contribution in [-0.2, 0) is 6.42 Å². The van der Waals surface area contributed by atoms with Gasteiger partial charge in [-0.1, -0.05) is 106 Å². The molecule has 0 amide bonds. The molecule has 1 aliphatic rings. The first-order valence-corrected chi connectivity index (χ1v) is 10.3. The Hall–Kier alpha value is -2.52. The maximum atomic E-state index is 3.64. The van der Waals surface area contributed by atoms with Crippen LogP contribution in [0.2, 0.25) is 0 Å². The highest BCUT2D eigenvalue weighted by molar-refractivity contribution is 5.76. The highest BCUT2D eigenvalue weighted by atomic mass is 14.3. The predicted molar refractivity (Wildman–Crippen MR) is 117 cm³/mol. The minimum absolute atomic E-state index is 0.0743. The summed E-state index contributed by atoms with van der Waals surface area (Å²) in [6.45, 7) is 6.78. The molecule has 1 aliphatic carbocycles. The fourth-order valence-electron chi connectivity index (χ4n) is 3.86. The quantitative estimate of drug-likeness (QED) is 0.504. The lowest BCUT2D eigenvalue weighted by Gasteiger charge is -2.33. The van der Waals surface area contributed by atoms with Gasteiger partial charge in [-0.05, 0) is 47.6 Å². The van der Waals surface area contributed by atoms with E-state index in [9.17, 15) is 0 Å². The smallest absolute Gasteiger partial charge is 0.0560 e. The van der Waals surface area contributed by atoms with Gasteiger partial charge in [-0.15, -0.1) is 0 Å². The van der Waals surface area contributed by atoms with Crippen LogP contribution in [-0.4, -0.2) is 0 Å². The highest BCUT2D eigenvalue weighted by Crippen LogP contribution is 2.41. The molecule has 0 N–H and O–H groups in total. The average Bonchev–Trinajstić information content (AvgIpc) is 2.70. The molecule has 2 unspecified atom stereocenters. The lowest BCUT2D eigenvalue weighted by molar-refractivity contribution is 0.363. The third-order valence-electron chi connectivity index (χ3n) is 5.51. The lowest BCUT2D eigenvalue weighted by Crippen LogP contribution is -2.26. The van der Waals surface area contributed by atoms with Gasteiger partial charge in [0.2, 0.25) is 0 Å². The van der Waals surface area contributed by atoms with Gasteiger partial charge >= 0.3 is 0 Å². The van der Waals surface area contributed by atoms with Crippen molar-refractivity contribution in [2.75, 3.05) is 0 Å². The van der Waals surface area contributed by atoms with Crippen LogP contribution in [0.15, 0.2) is 72.8 Å². The summed E-state index contributed by atoms with van der Waals surface area (Å²) in [4.78, 5) is 0. The van der Waals surface area contributed by atoms with Gasteiger partial charge in [-0.25, -0.2) is 0 Å². The van der Waals surface area contributed by atoms with Crippen LogP contribution in [0.3, 0.4) is 0 Å². The first-order chi connectivity index (χ1) is 13.2. The first kappa shape index (κ1) is 19.2. The van der Waals surface area contributed by atoms with E-state index in [1.54, 1.807) is 0 Å². The van der Waals surface area contributed by atoms with Crippen molar-refractivity contribution in [3.8, 4) is 11.8 Å². The lowest BCUT2D eigenvalue weighted by atomic mass is 9.69. The van der Waals surface area contributed by atoms with Gasteiger partial charge in [-0.3, -0.25) is 0 Å². The average molecular weight is 355 g/mol. The predicted octanol–water partition coefficient (Wildman–Crippen LogP) is 7.07. The van der Waals surface area contributed by atoms with Crippen LogP contribution < -0.4 is 0 Å². The monoisotopic (exact) mass is 354 g/mol. The number of rotatable bonds is 5. The Morgan fingerprint density at radius 2 is 1.67 bits per heavy atom. The summed E-state index contributed by atoms with van der Waals surface area (Å²) in [7, 11) is 0. The van der Waals surface area contributed by atoms with Crippen molar-refractivity contribution in [2.24, 2.45) is 11.3 Å². The molecule has 0 bridgehead atoms. The van der Waals surface area contributed by atoms with Crippen molar-refractivity contribution in [3.05, 3.63) is 89.5 Å². The largest absolute Gasteiger partial charge is 0.0863 e. The van der Waals surface area contributed by atoms with Gasteiger partial charge < -0.3 is 0 Å². The van der Waals surface area contributed by atoms with Gasteiger partial charge in [-0.2, -0.15) is 0 Å². The van der Waals surface area contributed by atoms with Gasteiger partial charge in [0.1, 0.15) is 0 Å². The van der Waals surface area contributed by atoms with Crippen LogP contribution in [0.25, 0.3) is 5.57 Å². The summed E-state index contributed by atoms with van der Waals surface area (Å²) in [5, 5.41) is 0. The molecule has 3 rings (SSSR count). The number of aryl methyl sites for hydroxylation is 1. The second-order valence-electron chi connectivity index (χ2n) is 7.60. The number of hydrogen-bond donors (Lipinski definition) is 0. The van der Waals surface area contributed by atoms with Gasteiger partial charge in [0.05, 0.1) is 5.41 Å². The fourth-order valence-corrected chi connectivity index (χ4v) is 3.86. The Morgan fingerprint density at radius 3 is 2.30 bits per heavy atom. The van der Waals surface area contributed by atoms with E-state index in [-0.39, 0.29) is 5.41 Å². The molecule has 2 atom stereocenters. The molecule has 2 aromatic rings. The topological polar surface area (TPSA) is 0 Å². The molecule has 0 aromatic heterocycles. The Kier molecular flexibility index (Phi) is 6.36. The van der Waals surface area contributed by atoms with E-state index in [4.69, 9.17) is 0 Å². The number of benzene rings is 2. The summed E-state index contributed by atoms with van der Waals surface area (Å²) < 4.78 is 0. The zero-order chi connectivity index (χ0) is 19.1. The molecule has 0 aliphatic heterocycles. The van der Waals surface area contributed by atoms with Crippen LogP contribution in [0, 0.1) is 23.2 Å². The van der Waals surface area contributed by atoms with Crippen molar-refractivity contribution < 1.29 is 0 Å². The van der Waals surface area contributed by atoms with Crippen molar-refractivity contribution >= 4 is 5.57 Å². The SMILES string of the molecule is CCCc1ccc(C#CC2(CCC)C=CC(c3ccccc3)=CC2C)cc1. The van der Waals surface area contributed by atoms with Crippen LogP contribution in [0.4, 0.5) is 0 Å². The number of hydrogen-bond acceptors (Lipinski definition) is 0. The Morgan fingerprint density at radius 1 is 0.926 bits per heavy atom. The summed E-state index contributed by atoms with van der Waals surface area (Å²) in [5.41, 5.74) is 5.02. The van der Waals surface area contributed by atoms with E-state index in [2.05, 4.69) is 105 Å². The maximum Gasteiger partial charge on any atom is 0.0560 e. The Labute approximate surface area is 165 Å². The molecule has 138 valence electrons. The van der Waals surface area contributed by atoms with E-state index in [1.165, 1.54) is 23.1 Å². The van der Waals surface area contributed by atoms with Crippen LogP contribution >= 0.6 is 0 Å².